The fraction of sp³-hybridized carbons (Fsp3) is 0.500. The van der Waals surface area contributed by atoms with Crippen molar-refractivity contribution in [1.82, 2.24) is 4.57 Å². The normalized spacial score (nSPS) is 7.08. The minimum atomic E-state index is 0.0347. The van der Waals surface area contributed by atoms with Gasteiger partial charge < -0.3 is 4.57 Å². The summed E-state index contributed by atoms with van der Waals surface area (Å²) in [5.41, 5.74) is 0.0347. The first-order valence-electron chi connectivity index (χ1n) is 4.42. The molecule has 0 spiro atoms. The minimum Gasteiger partial charge on any atom is -0.319 e. The highest BCUT2D eigenvalue weighted by molar-refractivity contribution is 4.91. The topological polar surface area (TPSA) is 22.0 Å². The van der Waals surface area contributed by atoms with Crippen LogP contribution >= 0.6 is 0 Å². The first-order valence-corrected chi connectivity index (χ1v) is 4.42. The van der Waals surface area contributed by atoms with Gasteiger partial charge in [0.2, 0.25) is 5.56 Å². The molecule has 0 amide bonds. The van der Waals surface area contributed by atoms with Crippen LogP contribution in [-0.2, 0) is 7.05 Å². The van der Waals surface area contributed by atoms with E-state index < -0.39 is 0 Å². The lowest BCUT2D eigenvalue weighted by molar-refractivity contribution is 0.860. The number of aromatic nitrogens is 1. The van der Waals surface area contributed by atoms with Crippen molar-refractivity contribution in [2.75, 3.05) is 0 Å². The van der Waals surface area contributed by atoms with E-state index in [1.807, 2.05) is 33.8 Å². The minimum absolute atomic E-state index is 0.0347. The maximum absolute atomic E-state index is 10.6. The molecule has 0 saturated carbocycles. The lowest BCUT2D eigenvalue weighted by Crippen LogP contribution is -2.12. The average molecular weight is 169 g/mol. The molecule has 1 aromatic rings. The summed E-state index contributed by atoms with van der Waals surface area (Å²) >= 11 is 0. The fourth-order valence-electron chi connectivity index (χ4n) is 0.508. The van der Waals surface area contributed by atoms with Crippen LogP contribution in [0, 0.1) is 0 Å². The molecule has 1 aromatic heterocycles. The van der Waals surface area contributed by atoms with Crippen molar-refractivity contribution in [2.24, 2.45) is 7.05 Å². The third kappa shape index (κ3) is 5.71. The molecule has 0 aliphatic heterocycles. The van der Waals surface area contributed by atoms with Crippen LogP contribution in [0.4, 0.5) is 0 Å². The number of rotatable bonds is 0. The molecule has 1 rings (SSSR count). The van der Waals surface area contributed by atoms with Crippen LogP contribution in [0.25, 0.3) is 0 Å². The van der Waals surface area contributed by atoms with Crippen molar-refractivity contribution >= 4 is 0 Å². The van der Waals surface area contributed by atoms with Crippen LogP contribution in [0.1, 0.15) is 27.7 Å². The van der Waals surface area contributed by atoms with Crippen molar-refractivity contribution in [1.29, 1.82) is 0 Å². The fourth-order valence-corrected chi connectivity index (χ4v) is 0.508. The van der Waals surface area contributed by atoms with Crippen molar-refractivity contribution in [3.05, 3.63) is 34.7 Å². The standard InChI is InChI=1S/C6H7NO.2C2H6/c1-7-5-3-2-4-6(7)8;2*1-2/h2-5H,1H3;2*1-2H3. The van der Waals surface area contributed by atoms with E-state index >= 15 is 0 Å². The van der Waals surface area contributed by atoms with E-state index in [1.165, 1.54) is 10.6 Å². The molecule has 1 heterocycles. The number of hydrogen-bond donors (Lipinski definition) is 0. The summed E-state index contributed by atoms with van der Waals surface area (Å²) in [6, 6.07) is 5.07. The monoisotopic (exact) mass is 169 g/mol. The van der Waals surface area contributed by atoms with Crippen LogP contribution in [0.15, 0.2) is 29.2 Å². The van der Waals surface area contributed by atoms with E-state index in [4.69, 9.17) is 0 Å². The van der Waals surface area contributed by atoms with Crippen molar-refractivity contribution in [2.45, 2.75) is 27.7 Å². The molecule has 0 aliphatic rings. The summed E-state index contributed by atoms with van der Waals surface area (Å²) in [6.07, 6.45) is 1.72. The average Bonchev–Trinajstić information content (AvgIpc) is 2.17. The highest BCUT2D eigenvalue weighted by Crippen LogP contribution is 1.73. The molecule has 12 heavy (non-hydrogen) atoms. The molecule has 0 saturated heterocycles. The smallest absolute Gasteiger partial charge is 0.250 e. The lowest BCUT2D eigenvalue weighted by Gasteiger charge is -1.89. The molecule has 0 aromatic carbocycles. The molecule has 0 radical (unpaired) electrons. The highest BCUT2D eigenvalue weighted by atomic mass is 16.1. The van der Waals surface area contributed by atoms with Crippen LogP contribution in [0.5, 0.6) is 0 Å². The van der Waals surface area contributed by atoms with E-state index in [1.54, 1.807) is 19.3 Å². The second-order valence-electron chi connectivity index (χ2n) is 1.65. The first kappa shape index (κ1) is 13.5. The van der Waals surface area contributed by atoms with Crippen molar-refractivity contribution in [3.8, 4) is 0 Å². The summed E-state index contributed by atoms with van der Waals surface area (Å²) in [6.45, 7) is 8.00. The first-order chi connectivity index (χ1) is 5.80. The van der Waals surface area contributed by atoms with Crippen LogP contribution in [0.3, 0.4) is 0 Å². The van der Waals surface area contributed by atoms with Gasteiger partial charge >= 0.3 is 0 Å². The molecule has 0 aliphatic carbocycles. The summed E-state index contributed by atoms with van der Waals surface area (Å²) < 4.78 is 1.53. The van der Waals surface area contributed by atoms with Gasteiger partial charge in [0.05, 0.1) is 0 Å². The third-order valence-electron chi connectivity index (χ3n) is 1.01. The largest absolute Gasteiger partial charge is 0.319 e. The molecule has 0 unspecified atom stereocenters. The zero-order chi connectivity index (χ0) is 9.98. The van der Waals surface area contributed by atoms with Crippen LogP contribution < -0.4 is 5.56 Å². The summed E-state index contributed by atoms with van der Waals surface area (Å²) in [5.74, 6) is 0. The number of hydrogen-bond acceptors (Lipinski definition) is 1. The molecule has 0 atom stereocenters. The second-order valence-corrected chi connectivity index (χ2v) is 1.65. The molecule has 2 nitrogen and oxygen atoms in total. The van der Waals surface area contributed by atoms with Gasteiger partial charge in [0.1, 0.15) is 0 Å². The Balaban J connectivity index is 0. The quantitative estimate of drug-likeness (QED) is 0.584. The van der Waals surface area contributed by atoms with Gasteiger partial charge in [0.25, 0.3) is 0 Å². The molecular formula is C10H19NO. The van der Waals surface area contributed by atoms with E-state index in [2.05, 4.69) is 0 Å². The number of pyridine rings is 1. The lowest BCUT2D eigenvalue weighted by atomic mass is 10.5. The zero-order valence-electron chi connectivity index (χ0n) is 8.66. The Hall–Kier alpha value is -1.05. The Labute approximate surface area is 74.9 Å². The van der Waals surface area contributed by atoms with Crippen molar-refractivity contribution < 1.29 is 0 Å². The van der Waals surface area contributed by atoms with Gasteiger partial charge in [-0.3, -0.25) is 4.79 Å². The van der Waals surface area contributed by atoms with E-state index in [9.17, 15) is 4.79 Å². The molecule has 70 valence electrons. The Kier molecular flexibility index (Phi) is 11.2. The van der Waals surface area contributed by atoms with Crippen molar-refractivity contribution in [3.63, 3.8) is 0 Å². The molecule has 0 bridgehead atoms. The van der Waals surface area contributed by atoms with Gasteiger partial charge in [-0.25, -0.2) is 0 Å². The number of aryl methyl sites for hydroxylation is 1. The van der Waals surface area contributed by atoms with Gasteiger partial charge in [-0.1, -0.05) is 33.8 Å². The van der Waals surface area contributed by atoms with Gasteiger partial charge in [-0.15, -0.1) is 0 Å². The molecule has 0 fully saturated rings. The summed E-state index contributed by atoms with van der Waals surface area (Å²) in [4.78, 5) is 10.6. The van der Waals surface area contributed by atoms with Gasteiger partial charge in [0, 0.05) is 19.3 Å². The molecule has 0 N–H and O–H groups in total. The predicted molar refractivity (Wildman–Crippen MR) is 54.4 cm³/mol. The van der Waals surface area contributed by atoms with Crippen LogP contribution in [-0.4, -0.2) is 4.57 Å². The van der Waals surface area contributed by atoms with Gasteiger partial charge in [0.15, 0.2) is 0 Å². The molecular weight excluding hydrogens is 150 g/mol. The Morgan fingerprint density at radius 1 is 1.08 bits per heavy atom. The van der Waals surface area contributed by atoms with Gasteiger partial charge in [-0.2, -0.15) is 0 Å². The van der Waals surface area contributed by atoms with E-state index in [0.717, 1.165) is 0 Å². The maximum atomic E-state index is 10.6. The Morgan fingerprint density at radius 3 is 1.83 bits per heavy atom. The third-order valence-corrected chi connectivity index (χ3v) is 1.01. The highest BCUT2D eigenvalue weighted by Gasteiger charge is 1.79. The zero-order valence-corrected chi connectivity index (χ0v) is 8.66. The van der Waals surface area contributed by atoms with E-state index in [-0.39, 0.29) is 5.56 Å². The maximum Gasteiger partial charge on any atom is 0.250 e. The van der Waals surface area contributed by atoms with E-state index in [0.29, 0.717) is 0 Å². The summed E-state index contributed by atoms with van der Waals surface area (Å²) in [7, 11) is 1.72. The van der Waals surface area contributed by atoms with Gasteiger partial charge in [-0.05, 0) is 6.07 Å². The SMILES string of the molecule is CC.CC.Cn1ccccc1=O. The Morgan fingerprint density at radius 2 is 1.58 bits per heavy atom. The molecule has 2 heteroatoms. The second kappa shape index (κ2) is 9.95. The predicted octanol–water partition coefficient (Wildman–Crippen LogP) is 2.44. The summed E-state index contributed by atoms with van der Waals surface area (Å²) in [5, 5.41) is 0. The Bertz CT molecular complexity index is 227. The number of nitrogens with zero attached hydrogens (tertiary/aromatic N) is 1. The van der Waals surface area contributed by atoms with Crippen LogP contribution in [0.2, 0.25) is 0 Å².